The van der Waals surface area contributed by atoms with Gasteiger partial charge in [0.05, 0.1) is 11.1 Å². The van der Waals surface area contributed by atoms with Gasteiger partial charge in [0.2, 0.25) is 0 Å². The molecule has 0 bridgehead atoms. The summed E-state index contributed by atoms with van der Waals surface area (Å²) in [4.78, 5) is 2.67. The Morgan fingerprint density at radius 3 is 1.25 bits per heavy atom. The summed E-state index contributed by atoms with van der Waals surface area (Å²) < 4.78 is 0. The van der Waals surface area contributed by atoms with Crippen LogP contribution in [-0.2, 0) is 32.5 Å². The maximum atomic E-state index is 2.67. The van der Waals surface area contributed by atoms with Crippen LogP contribution in [0.15, 0.2) is 164 Å². The van der Waals surface area contributed by atoms with Crippen LogP contribution in [0.25, 0.3) is 44.5 Å². The number of benzene rings is 8. The minimum atomic E-state index is -0.483. The predicted octanol–water partition coefficient (Wildman–Crippen LogP) is 18.2. The average Bonchev–Trinajstić information content (AvgIpc) is 3.90. The first kappa shape index (κ1) is 42.6. The lowest BCUT2D eigenvalue weighted by Crippen LogP contribution is -2.34. The molecule has 0 heterocycles. The van der Waals surface area contributed by atoms with Crippen LogP contribution in [0.5, 0.6) is 0 Å². The van der Waals surface area contributed by atoms with Crippen molar-refractivity contribution in [3.05, 3.63) is 219 Å². The highest BCUT2D eigenvalue weighted by Crippen LogP contribution is 2.65. The summed E-state index contributed by atoms with van der Waals surface area (Å²) in [5, 5.41) is 0. The highest BCUT2D eigenvalue weighted by Gasteiger charge is 2.52. The van der Waals surface area contributed by atoms with Crippen LogP contribution in [0.2, 0.25) is 0 Å². The minimum Gasteiger partial charge on any atom is -0.310 e. The maximum absolute atomic E-state index is 2.67. The fourth-order valence-electron chi connectivity index (χ4n) is 14.3. The van der Waals surface area contributed by atoms with Gasteiger partial charge < -0.3 is 4.90 Å². The lowest BCUT2D eigenvalue weighted by Gasteiger charge is -2.43. The van der Waals surface area contributed by atoms with Gasteiger partial charge in [0, 0.05) is 22.4 Å². The molecule has 13 rings (SSSR count). The summed E-state index contributed by atoms with van der Waals surface area (Å²) in [6, 6.07) is 64.6. The first-order chi connectivity index (χ1) is 32.9. The number of hydrogen-bond acceptors (Lipinski definition) is 1. The summed E-state index contributed by atoms with van der Waals surface area (Å²) in [6.45, 7) is 24.5. The Morgan fingerprint density at radius 2 is 0.696 bits per heavy atom. The summed E-state index contributed by atoms with van der Waals surface area (Å²) in [6.07, 6.45) is 4.70. The third-order valence-electron chi connectivity index (χ3n) is 18.4. The molecule has 0 radical (unpaired) electrons. The van der Waals surface area contributed by atoms with Crippen molar-refractivity contribution in [2.45, 2.75) is 127 Å². The number of rotatable bonds is 4. The van der Waals surface area contributed by atoms with Gasteiger partial charge in [-0.25, -0.2) is 0 Å². The van der Waals surface area contributed by atoms with Crippen molar-refractivity contribution in [3.63, 3.8) is 0 Å². The number of nitrogens with zero attached hydrogens (tertiary/aromatic N) is 1. The molecule has 1 heteroatoms. The van der Waals surface area contributed by atoms with Gasteiger partial charge >= 0.3 is 0 Å². The molecular formula is C68H65N. The van der Waals surface area contributed by atoms with E-state index in [9.17, 15) is 0 Å². The Labute approximate surface area is 411 Å². The second-order valence-corrected chi connectivity index (χ2v) is 24.6. The topological polar surface area (TPSA) is 3.24 Å². The third-order valence-corrected chi connectivity index (χ3v) is 18.4. The van der Waals surface area contributed by atoms with Crippen LogP contribution in [-0.4, -0.2) is 0 Å². The van der Waals surface area contributed by atoms with Crippen LogP contribution in [0, 0.1) is 0 Å². The van der Waals surface area contributed by atoms with Gasteiger partial charge in [0.25, 0.3) is 0 Å². The van der Waals surface area contributed by atoms with Gasteiger partial charge in [-0.1, -0.05) is 197 Å². The van der Waals surface area contributed by atoms with Crippen molar-refractivity contribution in [3.8, 4) is 44.5 Å². The highest BCUT2D eigenvalue weighted by molar-refractivity contribution is 6.00. The molecule has 69 heavy (non-hydrogen) atoms. The molecule has 0 saturated carbocycles. The molecule has 0 saturated heterocycles. The molecule has 0 aromatic heterocycles. The fourth-order valence-corrected chi connectivity index (χ4v) is 14.3. The number of anilines is 3. The van der Waals surface area contributed by atoms with E-state index in [4.69, 9.17) is 0 Å². The molecule has 0 amide bonds. The van der Waals surface area contributed by atoms with E-state index in [1.807, 2.05) is 0 Å². The minimum absolute atomic E-state index is 0.0364. The molecule has 0 aliphatic heterocycles. The van der Waals surface area contributed by atoms with Crippen molar-refractivity contribution in [2.24, 2.45) is 0 Å². The van der Waals surface area contributed by atoms with E-state index in [2.05, 4.69) is 238 Å². The molecule has 342 valence electrons. The second-order valence-electron chi connectivity index (χ2n) is 24.6. The van der Waals surface area contributed by atoms with Gasteiger partial charge in [-0.05, 0) is 178 Å². The molecular weight excluding hydrogens is 831 g/mol. The molecule has 0 unspecified atom stereocenters. The zero-order chi connectivity index (χ0) is 47.6. The van der Waals surface area contributed by atoms with Gasteiger partial charge in [-0.15, -0.1) is 0 Å². The van der Waals surface area contributed by atoms with Crippen LogP contribution in [0.1, 0.15) is 151 Å². The second kappa shape index (κ2) is 14.1. The van der Waals surface area contributed by atoms with Crippen molar-refractivity contribution in [1.82, 2.24) is 0 Å². The van der Waals surface area contributed by atoms with Gasteiger partial charge in [0.1, 0.15) is 0 Å². The SMILES string of the molecule is CC1(C)CCC(C)(C)c2cc(-c3cc4c(cc3N(c3ccc5c(c3)C(C)(C)CCC5(C)C)c3ccc5c(c3)C(C)(C)c3ccccc3-5)C3(c5ccccc5-c5ccccc53)c3ccccc3-4)ccc21. The summed E-state index contributed by atoms with van der Waals surface area (Å²) in [5.74, 6) is 0. The van der Waals surface area contributed by atoms with Crippen LogP contribution >= 0.6 is 0 Å². The summed E-state index contributed by atoms with van der Waals surface area (Å²) >= 11 is 0. The van der Waals surface area contributed by atoms with E-state index in [-0.39, 0.29) is 27.1 Å². The monoisotopic (exact) mass is 896 g/mol. The lowest BCUT2D eigenvalue weighted by molar-refractivity contribution is 0.332. The molecule has 0 fully saturated rings. The highest BCUT2D eigenvalue weighted by atomic mass is 15.1. The predicted molar refractivity (Wildman–Crippen MR) is 291 cm³/mol. The molecule has 8 aromatic rings. The van der Waals surface area contributed by atoms with Crippen molar-refractivity contribution >= 4 is 17.1 Å². The number of fused-ring (bicyclic) bond motifs is 15. The van der Waals surface area contributed by atoms with E-state index < -0.39 is 5.41 Å². The Bertz CT molecular complexity index is 3450. The maximum Gasteiger partial charge on any atom is 0.0726 e. The van der Waals surface area contributed by atoms with Crippen molar-refractivity contribution < 1.29 is 0 Å². The zero-order valence-electron chi connectivity index (χ0n) is 42.4. The quantitative estimate of drug-likeness (QED) is 0.170. The van der Waals surface area contributed by atoms with E-state index in [1.165, 1.54) is 136 Å². The molecule has 5 aliphatic rings. The Kier molecular flexibility index (Phi) is 8.71. The third kappa shape index (κ3) is 5.77. The summed E-state index contributed by atoms with van der Waals surface area (Å²) in [7, 11) is 0. The molecule has 5 aliphatic carbocycles. The molecule has 0 atom stereocenters. The largest absolute Gasteiger partial charge is 0.310 e. The first-order valence-electron chi connectivity index (χ1n) is 25.8. The smallest absolute Gasteiger partial charge is 0.0726 e. The van der Waals surface area contributed by atoms with E-state index in [0.717, 1.165) is 6.42 Å². The van der Waals surface area contributed by atoms with Crippen LogP contribution < -0.4 is 4.90 Å². The van der Waals surface area contributed by atoms with Crippen molar-refractivity contribution in [1.29, 1.82) is 0 Å². The van der Waals surface area contributed by atoms with E-state index in [1.54, 1.807) is 0 Å². The van der Waals surface area contributed by atoms with Gasteiger partial charge in [-0.2, -0.15) is 0 Å². The van der Waals surface area contributed by atoms with Gasteiger partial charge in [0.15, 0.2) is 0 Å². The van der Waals surface area contributed by atoms with Gasteiger partial charge in [-0.3, -0.25) is 0 Å². The normalized spacial score (nSPS) is 19.0. The fraction of sp³-hybridized carbons (Fsp3) is 0.294. The molecule has 1 nitrogen and oxygen atoms in total. The van der Waals surface area contributed by atoms with Crippen LogP contribution in [0.4, 0.5) is 17.1 Å². The average molecular weight is 896 g/mol. The molecule has 1 spiro atoms. The van der Waals surface area contributed by atoms with Crippen molar-refractivity contribution in [2.75, 3.05) is 4.90 Å². The Hall–Kier alpha value is -6.44. The molecule has 8 aromatic carbocycles. The van der Waals surface area contributed by atoms with E-state index >= 15 is 0 Å². The zero-order valence-corrected chi connectivity index (χ0v) is 42.4. The van der Waals surface area contributed by atoms with E-state index in [0.29, 0.717) is 0 Å². The Morgan fingerprint density at radius 1 is 0.290 bits per heavy atom. The standard InChI is InChI=1S/C68H65N/c1-63(2)33-35-65(5,6)60-37-42(27-31-56(60)63)50-40-51-48-22-14-18-26-55(48)68(53-24-16-12-20-46(53)47-21-13-17-25-54(47)68)59(51)41-62(50)69(44-29-32-57-61(39-44)66(7,8)36-34-64(57,3)4)43-28-30-49-45-19-11-15-23-52(45)67(9,10)58(49)38-43/h11-32,37-41H,33-36H2,1-10H3. The first-order valence-corrected chi connectivity index (χ1v) is 25.8. The Balaban J connectivity index is 1.16. The number of hydrogen-bond donors (Lipinski definition) is 0. The summed E-state index contributed by atoms with van der Waals surface area (Å²) in [5.41, 5.74) is 28.0. The van der Waals surface area contributed by atoms with Crippen LogP contribution in [0.3, 0.4) is 0 Å². The molecule has 0 N–H and O–H groups in total. The lowest BCUT2D eigenvalue weighted by atomic mass is 9.63.